The van der Waals surface area contributed by atoms with E-state index >= 15 is 0 Å². The van der Waals surface area contributed by atoms with Gasteiger partial charge >= 0.3 is 6.11 Å². The Bertz CT molecular complexity index is 1070. The molecule has 0 heterocycles. The van der Waals surface area contributed by atoms with Gasteiger partial charge in [0.15, 0.2) is 17.5 Å². The highest BCUT2D eigenvalue weighted by atomic mass is 19.3. The van der Waals surface area contributed by atoms with Gasteiger partial charge in [-0.05, 0) is 42.3 Å². The Labute approximate surface area is 163 Å². The molecule has 10 heteroatoms. The molecule has 3 aromatic rings. The average molecular weight is 436 g/mol. The lowest BCUT2D eigenvalue weighted by molar-refractivity contribution is -0.189. The first-order valence-electron chi connectivity index (χ1n) is 8.07. The van der Waals surface area contributed by atoms with Crippen molar-refractivity contribution in [3.8, 4) is 16.9 Å². The van der Waals surface area contributed by atoms with Crippen molar-refractivity contribution in [1.82, 2.24) is 0 Å². The van der Waals surface area contributed by atoms with E-state index < -0.39 is 69.3 Å². The molecule has 0 spiro atoms. The van der Waals surface area contributed by atoms with Crippen LogP contribution < -0.4 is 4.74 Å². The maximum absolute atomic E-state index is 14.3. The fourth-order valence-corrected chi connectivity index (χ4v) is 2.76. The molecule has 0 aliphatic heterocycles. The second kappa shape index (κ2) is 7.58. The summed E-state index contributed by atoms with van der Waals surface area (Å²) < 4.78 is 128. The minimum atomic E-state index is -4.66. The summed E-state index contributed by atoms with van der Waals surface area (Å²) in [4.78, 5) is 0. The van der Waals surface area contributed by atoms with Gasteiger partial charge < -0.3 is 4.74 Å². The van der Waals surface area contributed by atoms with Crippen LogP contribution in [0.25, 0.3) is 11.1 Å². The molecule has 3 aromatic carbocycles. The monoisotopic (exact) mass is 436 g/mol. The third kappa shape index (κ3) is 3.94. The highest BCUT2D eigenvalue weighted by molar-refractivity contribution is 5.66. The summed E-state index contributed by atoms with van der Waals surface area (Å²) in [5.41, 5.74) is -3.59. The van der Waals surface area contributed by atoms with E-state index in [1.54, 1.807) is 0 Å². The zero-order valence-electron chi connectivity index (χ0n) is 14.8. The molecule has 0 aliphatic rings. The normalized spacial score (nSPS) is 11.7. The zero-order valence-corrected chi connectivity index (χ0v) is 14.8. The van der Waals surface area contributed by atoms with Crippen LogP contribution in [0.3, 0.4) is 0 Å². The van der Waals surface area contributed by atoms with E-state index in [9.17, 15) is 39.5 Å². The van der Waals surface area contributed by atoms with Gasteiger partial charge in [-0.3, -0.25) is 0 Å². The van der Waals surface area contributed by atoms with Gasteiger partial charge in [0.25, 0.3) is 0 Å². The summed E-state index contributed by atoms with van der Waals surface area (Å²) in [6.07, 6.45) is -4.66. The van der Waals surface area contributed by atoms with Crippen molar-refractivity contribution in [3.05, 3.63) is 88.2 Å². The smallest absolute Gasteiger partial charge is 0.429 e. The van der Waals surface area contributed by atoms with Crippen LogP contribution in [0.15, 0.2) is 36.4 Å². The number of ether oxygens (including phenoxy) is 1. The summed E-state index contributed by atoms with van der Waals surface area (Å²) in [5.74, 6) is -13.0. The van der Waals surface area contributed by atoms with Crippen LogP contribution >= 0.6 is 0 Å². The number of hydrogen-bond acceptors (Lipinski definition) is 1. The van der Waals surface area contributed by atoms with Gasteiger partial charge in [0, 0.05) is 12.1 Å². The zero-order chi connectivity index (χ0) is 22.4. The molecule has 0 atom stereocenters. The quantitative estimate of drug-likeness (QED) is 0.324. The molecule has 0 bridgehead atoms. The summed E-state index contributed by atoms with van der Waals surface area (Å²) >= 11 is 0. The summed E-state index contributed by atoms with van der Waals surface area (Å²) in [7, 11) is 0. The predicted octanol–water partition coefficient (Wildman–Crippen LogP) is 6.76. The van der Waals surface area contributed by atoms with Crippen LogP contribution in [0.1, 0.15) is 11.1 Å². The van der Waals surface area contributed by atoms with E-state index in [0.29, 0.717) is 24.3 Å². The van der Waals surface area contributed by atoms with E-state index in [-0.39, 0.29) is 17.7 Å². The molecule has 3 rings (SSSR count). The van der Waals surface area contributed by atoms with Gasteiger partial charge in [0.05, 0.1) is 5.56 Å². The molecule has 0 amide bonds. The lowest BCUT2D eigenvalue weighted by Crippen LogP contribution is -2.25. The largest absolute Gasteiger partial charge is 0.432 e. The average Bonchev–Trinajstić information content (AvgIpc) is 2.57. The molecule has 30 heavy (non-hydrogen) atoms. The molecule has 0 aromatic heterocycles. The van der Waals surface area contributed by atoms with E-state index in [2.05, 4.69) is 4.74 Å². The van der Waals surface area contributed by atoms with Gasteiger partial charge in [-0.2, -0.15) is 8.78 Å². The molecule has 0 unspecified atom stereocenters. The maximum Gasteiger partial charge on any atom is 0.432 e. The van der Waals surface area contributed by atoms with Crippen molar-refractivity contribution < 1.29 is 44.3 Å². The van der Waals surface area contributed by atoms with Gasteiger partial charge in [-0.1, -0.05) is 0 Å². The van der Waals surface area contributed by atoms with E-state index in [0.717, 1.165) is 0 Å². The van der Waals surface area contributed by atoms with Crippen molar-refractivity contribution in [2.24, 2.45) is 0 Å². The van der Waals surface area contributed by atoms with Crippen molar-refractivity contribution in [2.75, 3.05) is 0 Å². The van der Waals surface area contributed by atoms with Crippen LogP contribution in [0.5, 0.6) is 5.75 Å². The summed E-state index contributed by atoms with van der Waals surface area (Å²) in [6.45, 7) is 1.25. The Kier molecular flexibility index (Phi) is 5.44. The standard InChI is InChI=1S/C20H9F9O/c1-8-2-13(23)18(14(24)3-8)20(28,29)30-10-6-11(21)17(12(22)7-10)9-4-15(25)19(27)16(26)5-9/h2-7H,1H3. The molecule has 0 radical (unpaired) electrons. The fourth-order valence-electron chi connectivity index (χ4n) is 2.76. The Hall–Kier alpha value is -3.17. The topological polar surface area (TPSA) is 9.23 Å². The third-order valence-electron chi connectivity index (χ3n) is 4.01. The first kappa shape index (κ1) is 21.5. The van der Waals surface area contributed by atoms with Crippen molar-refractivity contribution in [1.29, 1.82) is 0 Å². The molecule has 0 aliphatic carbocycles. The number of alkyl halides is 2. The molecular formula is C20H9F9O. The molecule has 0 fully saturated rings. The number of aryl methyl sites for hydroxylation is 1. The van der Waals surface area contributed by atoms with Gasteiger partial charge in [-0.25, -0.2) is 30.7 Å². The van der Waals surface area contributed by atoms with E-state index in [1.165, 1.54) is 6.92 Å². The van der Waals surface area contributed by atoms with Gasteiger partial charge in [0.2, 0.25) is 0 Å². The Balaban J connectivity index is 2.02. The van der Waals surface area contributed by atoms with Crippen LogP contribution in [0.2, 0.25) is 0 Å². The van der Waals surface area contributed by atoms with Crippen molar-refractivity contribution in [2.45, 2.75) is 13.0 Å². The minimum absolute atomic E-state index is 0.00440. The highest BCUT2D eigenvalue weighted by Crippen LogP contribution is 2.38. The molecular weight excluding hydrogens is 427 g/mol. The van der Waals surface area contributed by atoms with Crippen LogP contribution in [-0.2, 0) is 6.11 Å². The molecule has 0 N–H and O–H groups in total. The Morgan fingerprint density at radius 3 is 1.57 bits per heavy atom. The molecule has 1 nitrogen and oxygen atoms in total. The minimum Gasteiger partial charge on any atom is -0.429 e. The first-order valence-corrected chi connectivity index (χ1v) is 8.07. The second-order valence-corrected chi connectivity index (χ2v) is 6.24. The van der Waals surface area contributed by atoms with Crippen LogP contribution in [0, 0.1) is 47.6 Å². The molecule has 0 saturated carbocycles. The maximum atomic E-state index is 14.3. The van der Waals surface area contributed by atoms with Crippen LogP contribution in [-0.4, -0.2) is 0 Å². The lowest BCUT2D eigenvalue weighted by atomic mass is 10.0. The predicted molar refractivity (Wildman–Crippen MR) is 87.3 cm³/mol. The summed E-state index contributed by atoms with van der Waals surface area (Å²) in [5, 5.41) is 0. The number of hydrogen-bond donors (Lipinski definition) is 0. The summed E-state index contributed by atoms with van der Waals surface area (Å²) in [6, 6.07) is 2.25. The van der Waals surface area contributed by atoms with E-state index in [1.807, 2.05) is 0 Å². The van der Waals surface area contributed by atoms with Crippen LogP contribution in [0.4, 0.5) is 39.5 Å². The Morgan fingerprint density at radius 2 is 1.10 bits per heavy atom. The second-order valence-electron chi connectivity index (χ2n) is 6.24. The Morgan fingerprint density at radius 1 is 0.633 bits per heavy atom. The number of rotatable bonds is 4. The van der Waals surface area contributed by atoms with Crippen molar-refractivity contribution >= 4 is 0 Å². The van der Waals surface area contributed by atoms with E-state index in [4.69, 9.17) is 0 Å². The lowest BCUT2D eigenvalue weighted by Gasteiger charge is -2.20. The number of benzene rings is 3. The number of halogens is 9. The SMILES string of the molecule is Cc1cc(F)c(C(F)(F)Oc2cc(F)c(-c3cc(F)c(F)c(F)c3)c(F)c2)c(F)c1. The fraction of sp³-hybridized carbons (Fsp3) is 0.100. The molecule has 158 valence electrons. The highest BCUT2D eigenvalue weighted by Gasteiger charge is 2.41. The van der Waals surface area contributed by atoms with Gasteiger partial charge in [0.1, 0.15) is 34.6 Å². The first-order chi connectivity index (χ1) is 13.9. The molecule has 0 saturated heterocycles. The third-order valence-corrected chi connectivity index (χ3v) is 4.01. The van der Waals surface area contributed by atoms with Crippen molar-refractivity contribution in [3.63, 3.8) is 0 Å². The van der Waals surface area contributed by atoms with Gasteiger partial charge in [-0.15, -0.1) is 0 Å².